The number of aromatic nitrogens is 2. The van der Waals surface area contributed by atoms with Gasteiger partial charge in [-0.3, -0.25) is 9.59 Å². The van der Waals surface area contributed by atoms with Crippen LogP contribution in [0, 0.1) is 0 Å². The highest BCUT2D eigenvalue weighted by Crippen LogP contribution is 2.16. The summed E-state index contributed by atoms with van der Waals surface area (Å²) in [6.45, 7) is 2.34. The molecule has 1 aromatic rings. The highest BCUT2D eigenvalue weighted by molar-refractivity contribution is 5.84. The molecule has 20 heavy (non-hydrogen) atoms. The molecule has 9 nitrogen and oxygen atoms in total. The van der Waals surface area contributed by atoms with Crippen molar-refractivity contribution in [2.75, 3.05) is 35.6 Å². The van der Waals surface area contributed by atoms with E-state index in [1.54, 1.807) is 6.07 Å². The predicted molar refractivity (Wildman–Crippen MR) is 75.8 cm³/mol. The molecular formula is C11H19N7O2. The van der Waals surface area contributed by atoms with Crippen molar-refractivity contribution in [1.29, 1.82) is 0 Å². The average Bonchev–Trinajstić information content (AvgIpc) is 2.33. The van der Waals surface area contributed by atoms with Crippen molar-refractivity contribution in [2.24, 2.45) is 11.5 Å². The van der Waals surface area contributed by atoms with Gasteiger partial charge in [-0.15, -0.1) is 0 Å². The Kier molecular flexibility index (Phi) is 5.51. The summed E-state index contributed by atoms with van der Waals surface area (Å²) < 4.78 is 0. The van der Waals surface area contributed by atoms with Gasteiger partial charge in [0.25, 0.3) is 0 Å². The molecule has 2 amide bonds. The summed E-state index contributed by atoms with van der Waals surface area (Å²) in [7, 11) is 0. The van der Waals surface area contributed by atoms with Gasteiger partial charge >= 0.3 is 0 Å². The van der Waals surface area contributed by atoms with E-state index in [1.165, 1.54) is 4.90 Å². The second-order valence-corrected chi connectivity index (χ2v) is 4.19. The van der Waals surface area contributed by atoms with Crippen LogP contribution in [0.25, 0.3) is 0 Å². The minimum Gasteiger partial charge on any atom is -0.370 e. The van der Waals surface area contributed by atoms with Crippen molar-refractivity contribution in [3.8, 4) is 0 Å². The van der Waals surface area contributed by atoms with Gasteiger partial charge in [-0.05, 0) is 6.42 Å². The van der Waals surface area contributed by atoms with Gasteiger partial charge in [0.15, 0.2) is 0 Å². The number of hydrogen-bond donors (Lipinski definition) is 4. The molecule has 0 aliphatic heterocycles. The number of anilines is 3. The first-order valence-electron chi connectivity index (χ1n) is 6.12. The summed E-state index contributed by atoms with van der Waals surface area (Å²) in [5.74, 6) is -0.361. The van der Waals surface area contributed by atoms with Gasteiger partial charge in [0.1, 0.15) is 11.6 Å². The fourth-order valence-electron chi connectivity index (χ4n) is 1.55. The molecule has 0 aromatic carbocycles. The van der Waals surface area contributed by atoms with Crippen molar-refractivity contribution >= 4 is 29.4 Å². The van der Waals surface area contributed by atoms with Gasteiger partial charge in [-0.1, -0.05) is 6.92 Å². The minimum absolute atomic E-state index is 0.0278. The molecule has 0 radical (unpaired) electrons. The second kappa shape index (κ2) is 7.12. The topological polar surface area (TPSA) is 153 Å². The number of carbonyl (C=O) groups excluding carboxylic acids is 2. The number of primary amides is 2. The smallest absolute Gasteiger partial charge is 0.237 e. The summed E-state index contributed by atoms with van der Waals surface area (Å²) in [4.78, 5) is 31.4. The van der Waals surface area contributed by atoms with Crippen molar-refractivity contribution in [2.45, 2.75) is 13.3 Å². The van der Waals surface area contributed by atoms with E-state index >= 15 is 0 Å². The van der Waals surface area contributed by atoms with Crippen LogP contribution in [0.3, 0.4) is 0 Å². The first-order chi connectivity index (χ1) is 9.42. The molecule has 0 unspecified atom stereocenters. The zero-order chi connectivity index (χ0) is 15.1. The van der Waals surface area contributed by atoms with Crippen LogP contribution in [-0.2, 0) is 9.59 Å². The Morgan fingerprint density at radius 2 is 1.85 bits per heavy atom. The van der Waals surface area contributed by atoms with Crippen LogP contribution in [0.4, 0.5) is 17.6 Å². The van der Waals surface area contributed by atoms with Crippen LogP contribution in [-0.4, -0.2) is 41.4 Å². The third kappa shape index (κ3) is 4.96. The molecule has 0 aliphatic rings. The van der Waals surface area contributed by atoms with E-state index in [4.69, 9.17) is 17.2 Å². The van der Waals surface area contributed by atoms with Crippen molar-refractivity contribution in [3.63, 3.8) is 0 Å². The molecule has 0 saturated heterocycles. The third-order valence-electron chi connectivity index (χ3n) is 2.30. The Labute approximate surface area is 116 Å². The number of nitrogens with two attached hydrogens (primary N) is 3. The Bertz CT molecular complexity index is 476. The maximum Gasteiger partial charge on any atom is 0.237 e. The summed E-state index contributed by atoms with van der Waals surface area (Å²) in [5.41, 5.74) is 15.9. The zero-order valence-electron chi connectivity index (χ0n) is 11.3. The Morgan fingerprint density at radius 1 is 1.25 bits per heavy atom. The molecule has 9 heteroatoms. The normalized spacial score (nSPS) is 10.1. The van der Waals surface area contributed by atoms with E-state index in [2.05, 4.69) is 15.3 Å². The molecule has 1 heterocycles. The molecule has 110 valence electrons. The summed E-state index contributed by atoms with van der Waals surface area (Å²) in [5, 5.41) is 3.05. The summed E-state index contributed by atoms with van der Waals surface area (Å²) in [6.07, 6.45) is 0.908. The van der Waals surface area contributed by atoms with E-state index < -0.39 is 11.8 Å². The van der Waals surface area contributed by atoms with Crippen LogP contribution in [0.5, 0.6) is 0 Å². The van der Waals surface area contributed by atoms with Gasteiger partial charge in [-0.2, -0.15) is 9.97 Å². The lowest BCUT2D eigenvalue weighted by molar-refractivity contribution is -0.117. The molecule has 1 rings (SSSR count). The number of rotatable bonds is 8. The average molecular weight is 281 g/mol. The fraction of sp³-hybridized carbons (Fsp3) is 0.455. The summed E-state index contributed by atoms with van der Waals surface area (Å²) >= 11 is 0. The largest absolute Gasteiger partial charge is 0.370 e. The highest BCUT2D eigenvalue weighted by Gasteiger charge is 2.15. The van der Waals surface area contributed by atoms with Gasteiger partial charge in [0, 0.05) is 12.6 Å². The number of amides is 2. The lowest BCUT2D eigenvalue weighted by Gasteiger charge is -2.21. The maximum absolute atomic E-state index is 11.0. The Hall–Kier alpha value is -2.58. The maximum atomic E-state index is 11.0. The van der Waals surface area contributed by atoms with Crippen molar-refractivity contribution in [3.05, 3.63) is 6.07 Å². The van der Waals surface area contributed by atoms with Crippen molar-refractivity contribution in [1.82, 2.24) is 9.97 Å². The standard InChI is InChI=1S/C11H19N7O2/c1-2-3-15-9-4-10(17-11(14)16-9)18(5-7(12)19)6-8(13)20/h4H,2-3,5-6H2,1H3,(H2,12,19)(H2,13,20)(H3,14,15,16,17). The highest BCUT2D eigenvalue weighted by atomic mass is 16.2. The molecule has 7 N–H and O–H groups in total. The molecule has 0 fully saturated rings. The molecule has 0 spiro atoms. The summed E-state index contributed by atoms with van der Waals surface area (Å²) in [6, 6.07) is 1.58. The van der Waals surface area contributed by atoms with Gasteiger partial charge in [0.05, 0.1) is 13.1 Å². The van der Waals surface area contributed by atoms with E-state index in [-0.39, 0.29) is 19.0 Å². The third-order valence-corrected chi connectivity index (χ3v) is 2.30. The molecule has 0 bridgehead atoms. The van der Waals surface area contributed by atoms with E-state index in [1.807, 2.05) is 6.92 Å². The van der Waals surface area contributed by atoms with Crippen LogP contribution in [0.1, 0.15) is 13.3 Å². The van der Waals surface area contributed by atoms with Crippen molar-refractivity contribution < 1.29 is 9.59 Å². The molecule has 1 aromatic heterocycles. The van der Waals surface area contributed by atoms with Crippen LogP contribution in [0.15, 0.2) is 6.07 Å². The van der Waals surface area contributed by atoms with Crippen LogP contribution >= 0.6 is 0 Å². The Balaban J connectivity index is 3.01. The lowest BCUT2D eigenvalue weighted by atomic mass is 10.4. The van der Waals surface area contributed by atoms with Gasteiger partial charge in [-0.25, -0.2) is 0 Å². The number of carbonyl (C=O) groups is 2. The predicted octanol–water partition coefficient (Wildman–Crippen LogP) is -1.34. The lowest BCUT2D eigenvalue weighted by Crippen LogP contribution is -2.40. The number of nitrogens with zero attached hydrogens (tertiary/aromatic N) is 3. The zero-order valence-corrected chi connectivity index (χ0v) is 11.3. The van der Waals surface area contributed by atoms with Crippen LogP contribution in [0.2, 0.25) is 0 Å². The quantitative estimate of drug-likeness (QED) is 0.459. The van der Waals surface area contributed by atoms with Gasteiger partial charge in [0.2, 0.25) is 17.8 Å². The van der Waals surface area contributed by atoms with Crippen LogP contribution < -0.4 is 27.4 Å². The first kappa shape index (κ1) is 15.5. The Morgan fingerprint density at radius 3 is 2.35 bits per heavy atom. The van der Waals surface area contributed by atoms with E-state index in [0.29, 0.717) is 18.2 Å². The van der Waals surface area contributed by atoms with E-state index in [9.17, 15) is 9.59 Å². The monoisotopic (exact) mass is 281 g/mol. The molecule has 0 aliphatic carbocycles. The number of hydrogen-bond acceptors (Lipinski definition) is 7. The number of nitrogen functional groups attached to an aromatic ring is 1. The fourth-order valence-corrected chi connectivity index (χ4v) is 1.55. The minimum atomic E-state index is -0.605. The first-order valence-corrected chi connectivity index (χ1v) is 6.12. The molecule has 0 saturated carbocycles. The number of nitrogens with one attached hydrogen (secondary N) is 1. The molecular weight excluding hydrogens is 262 g/mol. The molecule has 0 atom stereocenters. The second-order valence-electron chi connectivity index (χ2n) is 4.19. The van der Waals surface area contributed by atoms with E-state index in [0.717, 1.165) is 6.42 Å². The SMILES string of the molecule is CCCNc1cc(N(CC(N)=O)CC(N)=O)nc(N)n1. The van der Waals surface area contributed by atoms with Gasteiger partial charge < -0.3 is 27.4 Å².